The highest BCUT2D eigenvalue weighted by molar-refractivity contribution is 6.35. The van der Waals surface area contributed by atoms with E-state index in [0.717, 1.165) is 18.4 Å². The van der Waals surface area contributed by atoms with Crippen molar-refractivity contribution < 1.29 is 14.3 Å². The van der Waals surface area contributed by atoms with Gasteiger partial charge in [-0.25, -0.2) is 0 Å². The van der Waals surface area contributed by atoms with E-state index in [-0.39, 0.29) is 25.0 Å². The molecule has 0 fully saturated rings. The maximum atomic E-state index is 13.0. The molecule has 0 aliphatic heterocycles. The summed E-state index contributed by atoms with van der Waals surface area (Å²) in [7, 11) is 0. The Hall–Kier alpha value is -1.95. The number of unbranched alkanes of at least 4 members (excludes halogenated alkanes) is 1. The number of amides is 2. The number of nitrogens with zero attached hydrogens (tertiary/aromatic N) is 1. The average molecular weight is 472 g/mol. The molecule has 8 heteroatoms. The third-order valence-electron chi connectivity index (χ3n) is 4.48. The normalized spacial score (nSPS) is 11.6. The molecule has 30 heavy (non-hydrogen) atoms. The summed E-state index contributed by atoms with van der Waals surface area (Å²) in [6.45, 7) is 4.26. The molecule has 0 aliphatic carbocycles. The topological polar surface area (TPSA) is 58.6 Å². The third-order valence-corrected chi connectivity index (χ3v) is 5.25. The summed E-state index contributed by atoms with van der Waals surface area (Å²) >= 11 is 18.1. The molecule has 2 amide bonds. The highest BCUT2D eigenvalue weighted by Gasteiger charge is 2.26. The number of hydrogen-bond acceptors (Lipinski definition) is 3. The molecule has 2 rings (SSSR count). The standard InChI is InChI=1S/C22H25Cl3N2O3/c1-3-4-10-26-22(29)15(2)27(13-16-6-5-7-17(23)11-16)21(28)14-30-20-9-8-18(24)12-19(20)25/h5-9,11-12,15H,3-4,10,13-14H2,1-2H3,(H,26,29)/t15-/m1/s1. The van der Waals surface area contributed by atoms with Gasteiger partial charge in [0.25, 0.3) is 5.91 Å². The van der Waals surface area contributed by atoms with E-state index in [4.69, 9.17) is 39.5 Å². The van der Waals surface area contributed by atoms with E-state index >= 15 is 0 Å². The van der Waals surface area contributed by atoms with Gasteiger partial charge in [-0.15, -0.1) is 0 Å². The summed E-state index contributed by atoms with van der Waals surface area (Å²) in [5, 5.41) is 4.21. The van der Waals surface area contributed by atoms with Gasteiger partial charge in [0.05, 0.1) is 5.02 Å². The molecule has 0 spiro atoms. The van der Waals surface area contributed by atoms with E-state index in [1.165, 1.54) is 11.0 Å². The monoisotopic (exact) mass is 470 g/mol. The van der Waals surface area contributed by atoms with E-state index in [9.17, 15) is 9.59 Å². The van der Waals surface area contributed by atoms with Crippen molar-refractivity contribution in [2.75, 3.05) is 13.2 Å². The molecule has 162 valence electrons. The first kappa shape index (κ1) is 24.3. The number of halogens is 3. The molecule has 5 nitrogen and oxygen atoms in total. The van der Waals surface area contributed by atoms with Gasteiger partial charge in [-0.3, -0.25) is 9.59 Å². The van der Waals surface area contributed by atoms with Crippen molar-refractivity contribution in [2.24, 2.45) is 0 Å². The van der Waals surface area contributed by atoms with E-state index in [2.05, 4.69) is 5.32 Å². The highest BCUT2D eigenvalue weighted by Crippen LogP contribution is 2.27. The Morgan fingerprint density at radius 2 is 1.83 bits per heavy atom. The van der Waals surface area contributed by atoms with Crippen LogP contribution in [0.2, 0.25) is 15.1 Å². The largest absolute Gasteiger partial charge is 0.482 e. The van der Waals surface area contributed by atoms with Gasteiger partial charge in [-0.2, -0.15) is 0 Å². The van der Waals surface area contributed by atoms with Crippen LogP contribution in [0.15, 0.2) is 42.5 Å². The molecule has 0 aromatic heterocycles. The van der Waals surface area contributed by atoms with Crippen LogP contribution >= 0.6 is 34.8 Å². The van der Waals surface area contributed by atoms with Gasteiger partial charge in [0, 0.05) is 23.1 Å². The van der Waals surface area contributed by atoms with Crippen LogP contribution in [0, 0.1) is 0 Å². The quantitative estimate of drug-likeness (QED) is 0.475. The first-order valence-electron chi connectivity index (χ1n) is 9.71. The van der Waals surface area contributed by atoms with Crippen LogP contribution in [-0.4, -0.2) is 35.9 Å². The second-order valence-corrected chi connectivity index (χ2v) is 8.12. The van der Waals surface area contributed by atoms with Crippen LogP contribution in [-0.2, 0) is 16.1 Å². The van der Waals surface area contributed by atoms with Crippen molar-refractivity contribution in [2.45, 2.75) is 39.3 Å². The summed E-state index contributed by atoms with van der Waals surface area (Å²) in [5.41, 5.74) is 0.814. The van der Waals surface area contributed by atoms with Gasteiger partial charge < -0.3 is 15.0 Å². The van der Waals surface area contributed by atoms with Gasteiger partial charge >= 0.3 is 0 Å². The summed E-state index contributed by atoms with van der Waals surface area (Å²) in [6, 6.07) is 11.3. The lowest BCUT2D eigenvalue weighted by molar-refractivity contribution is -0.142. The van der Waals surface area contributed by atoms with Gasteiger partial charge in [0.2, 0.25) is 5.91 Å². The maximum absolute atomic E-state index is 13.0. The van der Waals surface area contributed by atoms with Crippen LogP contribution in [0.5, 0.6) is 5.75 Å². The van der Waals surface area contributed by atoms with E-state index in [1.807, 2.05) is 13.0 Å². The van der Waals surface area contributed by atoms with E-state index < -0.39 is 6.04 Å². The molecule has 0 saturated carbocycles. The van der Waals surface area contributed by atoms with Crippen molar-refractivity contribution in [1.29, 1.82) is 0 Å². The molecule has 0 heterocycles. The molecular formula is C22H25Cl3N2O3. The summed E-state index contributed by atoms with van der Waals surface area (Å²) in [5.74, 6) is -0.223. The van der Waals surface area contributed by atoms with Crippen LogP contribution in [0.1, 0.15) is 32.3 Å². The lowest BCUT2D eigenvalue weighted by Crippen LogP contribution is -2.49. The summed E-state index contributed by atoms with van der Waals surface area (Å²) in [6.07, 6.45) is 1.84. The Morgan fingerprint density at radius 1 is 1.10 bits per heavy atom. The fourth-order valence-corrected chi connectivity index (χ4v) is 3.44. The van der Waals surface area contributed by atoms with Gasteiger partial charge in [-0.05, 0) is 49.2 Å². The van der Waals surface area contributed by atoms with Crippen molar-refractivity contribution in [1.82, 2.24) is 10.2 Å². The zero-order valence-corrected chi connectivity index (χ0v) is 19.2. The van der Waals surface area contributed by atoms with Crippen LogP contribution in [0.3, 0.4) is 0 Å². The lowest BCUT2D eigenvalue weighted by atomic mass is 10.1. The van der Waals surface area contributed by atoms with Gasteiger partial charge in [-0.1, -0.05) is 60.3 Å². The van der Waals surface area contributed by atoms with Crippen molar-refractivity contribution in [3.05, 3.63) is 63.1 Å². The predicted molar refractivity (Wildman–Crippen MR) is 121 cm³/mol. The van der Waals surface area contributed by atoms with Gasteiger partial charge in [0.1, 0.15) is 11.8 Å². The second-order valence-electron chi connectivity index (χ2n) is 6.84. The number of ether oxygens (including phenoxy) is 1. The molecule has 1 atom stereocenters. The molecule has 2 aromatic carbocycles. The molecule has 2 aromatic rings. The molecular weight excluding hydrogens is 447 g/mol. The zero-order chi connectivity index (χ0) is 22.1. The fraction of sp³-hybridized carbons (Fsp3) is 0.364. The third kappa shape index (κ3) is 7.38. The molecule has 0 saturated heterocycles. The fourth-order valence-electron chi connectivity index (χ4n) is 2.77. The average Bonchev–Trinajstić information content (AvgIpc) is 2.71. The predicted octanol–water partition coefficient (Wildman–Crippen LogP) is 5.36. The van der Waals surface area contributed by atoms with E-state index in [0.29, 0.717) is 27.4 Å². The molecule has 0 radical (unpaired) electrons. The van der Waals surface area contributed by atoms with E-state index in [1.54, 1.807) is 37.3 Å². The van der Waals surface area contributed by atoms with Crippen LogP contribution in [0.25, 0.3) is 0 Å². The first-order valence-corrected chi connectivity index (χ1v) is 10.8. The molecule has 0 aliphatic rings. The minimum atomic E-state index is -0.683. The minimum absolute atomic E-state index is 0.219. The Bertz CT molecular complexity index is 876. The van der Waals surface area contributed by atoms with Crippen molar-refractivity contribution in [3.63, 3.8) is 0 Å². The zero-order valence-electron chi connectivity index (χ0n) is 17.0. The molecule has 0 unspecified atom stereocenters. The van der Waals surface area contributed by atoms with Crippen LogP contribution < -0.4 is 10.1 Å². The first-order chi connectivity index (χ1) is 14.3. The maximum Gasteiger partial charge on any atom is 0.261 e. The second kappa shape index (κ2) is 12.0. The van der Waals surface area contributed by atoms with Gasteiger partial charge in [0.15, 0.2) is 6.61 Å². The SMILES string of the molecule is CCCCNC(=O)[C@@H](C)N(Cc1cccc(Cl)c1)C(=O)COc1ccc(Cl)cc1Cl. The minimum Gasteiger partial charge on any atom is -0.482 e. The molecule has 0 bridgehead atoms. The number of nitrogens with one attached hydrogen (secondary N) is 1. The number of rotatable bonds is 10. The van der Waals surface area contributed by atoms with Crippen LogP contribution in [0.4, 0.5) is 0 Å². The smallest absolute Gasteiger partial charge is 0.261 e. The summed E-state index contributed by atoms with van der Waals surface area (Å²) in [4.78, 5) is 27.0. The Morgan fingerprint density at radius 3 is 2.50 bits per heavy atom. The number of benzene rings is 2. The Kier molecular flexibility index (Phi) is 9.76. The Labute approximate surface area is 192 Å². The summed E-state index contributed by atoms with van der Waals surface area (Å²) < 4.78 is 5.58. The van der Waals surface area contributed by atoms with Crippen molar-refractivity contribution >= 4 is 46.6 Å². The number of carbonyl (C=O) groups excluding carboxylic acids is 2. The highest BCUT2D eigenvalue weighted by atomic mass is 35.5. The Balaban J connectivity index is 2.13. The number of hydrogen-bond donors (Lipinski definition) is 1. The lowest BCUT2D eigenvalue weighted by Gasteiger charge is -2.29. The molecule has 1 N–H and O–H groups in total. The van der Waals surface area contributed by atoms with Crippen molar-refractivity contribution in [3.8, 4) is 5.75 Å². The number of carbonyl (C=O) groups is 2.